The fourth-order valence-electron chi connectivity index (χ4n) is 1.53. The van der Waals surface area contributed by atoms with Gasteiger partial charge in [0.1, 0.15) is 6.04 Å². The van der Waals surface area contributed by atoms with Gasteiger partial charge in [-0.2, -0.15) is 5.26 Å². The second kappa shape index (κ2) is 7.29. The van der Waals surface area contributed by atoms with Crippen LogP contribution in [0.4, 0.5) is 0 Å². The lowest BCUT2D eigenvalue weighted by atomic mass is 9.95. The van der Waals surface area contributed by atoms with Gasteiger partial charge < -0.3 is 10.6 Å². The van der Waals surface area contributed by atoms with E-state index in [1.54, 1.807) is 4.90 Å². The maximum atomic E-state index is 10.4. The monoisotopic (exact) mass is 239 g/mol. The van der Waals surface area contributed by atoms with Gasteiger partial charge in [-0.05, 0) is 24.7 Å². The highest BCUT2D eigenvalue weighted by molar-refractivity contribution is 5.49. The van der Waals surface area contributed by atoms with E-state index >= 15 is 0 Å². The molecule has 1 aliphatic heterocycles. The SMILES string of the molecule is CC(C)C(C)N.CC1CN(C=O)C(C#N)C1C. The van der Waals surface area contributed by atoms with E-state index in [1.165, 1.54) is 0 Å². The third-order valence-electron chi connectivity index (χ3n) is 3.57. The number of hydrogen-bond donors (Lipinski definition) is 1. The smallest absolute Gasteiger partial charge is 0.210 e. The van der Waals surface area contributed by atoms with E-state index in [-0.39, 0.29) is 6.04 Å². The van der Waals surface area contributed by atoms with Crippen molar-refractivity contribution in [3.8, 4) is 6.07 Å². The Bertz CT molecular complexity index is 264. The minimum Gasteiger partial charge on any atom is -0.329 e. The molecule has 0 bridgehead atoms. The number of nitrogens with two attached hydrogens (primary N) is 1. The lowest BCUT2D eigenvalue weighted by Gasteiger charge is -2.14. The van der Waals surface area contributed by atoms with E-state index < -0.39 is 0 Å². The van der Waals surface area contributed by atoms with E-state index in [4.69, 9.17) is 11.0 Å². The number of amides is 1. The molecule has 0 radical (unpaired) electrons. The average molecular weight is 239 g/mol. The van der Waals surface area contributed by atoms with Crippen LogP contribution in [0.5, 0.6) is 0 Å². The highest BCUT2D eigenvalue weighted by Gasteiger charge is 2.35. The second-order valence-electron chi connectivity index (χ2n) is 5.32. The van der Waals surface area contributed by atoms with Crippen LogP contribution in [0.1, 0.15) is 34.6 Å². The van der Waals surface area contributed by atoms with E-state index in [0.717, 1.165) is 13.0 Å². The van der Waals surface area contributed by atoms with Crippen molar-refractivity contribution >= 4 is 6.41 Å². The van der Waals surface area contributed by atoms with Crippen LogP contribution in [0.25, 0.3) is 0 Å². The molecule has 1 fully saturated rings. The van der Waals surface area contributed by atoms with Gasteiger partial charge in [-0.1, -0.05) is 27.7 Å². The van der Waals surface area contributed by atoms with Crippen molar-refractivity contribution in [1.29, 1.82) is 5.26 Å². The maximum Gasteiger partial charge on any atom is 0.210 e. The number of likely N-dealkylation sites (tertiary alicyclic amines) is 1. The van der Waals surface area contributed by atoms with Crippen molar-refractivity contribution in [3.63, 3.8) is 0 Å². The molecule has 4 atom stereocenters. The van der Waals surface area contributed by atoms with Crippen molar-refractivity contribution in [2.45, 2.75) is 46.7 Å². The molecule has 98 valence electrons. The molecule has 2 N–H and O–H groups in total. The number of carbonyl (C=O) groups is 1. The number of carbonyl (C=O) groups excluding carboxylic acids is 1. The van der Waals surface area contributed by atoms with Crippen molar-refractivity contribution in [3.05, 3.63) is 0 Å². The minimum absolute atomic E-state index is 0.206. The predicted octanol–water partition coefficient (Wildman–Crippen LogP) is 1.61. The highest BCUT2D eigenvalue weighted by atomic mass is 16.1. The largest absolute Gasteiger partial charge is 0.329 e. The van der Waals surface area contributed by atoms with Crippen LogP contribution < -0.4 is 5.73 Å². The van der Waals surface area contributed by atoms with Crippen LogP contribution in [-0.2, 0) is 4.79 Å². The summed E-state index contributed by atoms with van der Waals surface area (Å²) in [7, 11) is 0. The van der Waals surface area contributed by atoms with Crippen LogP contribution in [0.2, 0.25) is 0 Å². The summed E-state index contributed by atoms with van der Waals surface area (Å²) in [6.45, 7) is 11.1. The summed E-state index contributed by atoms with van der Waals surface area (Å²) in [5.41, 5.74) is 5.44. The summed E-state index contributed by atoms with van der Waals surface area (Å²) in [5, 5.41) is 8.71. The molecule has 4 unspecified atom stereocenters. The molecule has 0 aromatic carbocycles. The maximum absolute atomic E-state index is 10.4. The molecule has 1 rings (SSSR count). The molecule has 1 heterocycles. The summed E-state index contributed by atoms with van der Waals surface area (Å²) < 4.78 is 0. The molecule has 0 spiro atoms. The first-order valence-electron chi connectivity index (χ1n) is 6.21. The average Bonchev–Trinajstić information content (AvgIpc) is 2.55. The van der Waals surface area contributed by atoms with Crippen molar-refractivity contribution < 1.29 is 4.79 Å². The van der Waals surface area contributed by atoms with Gasteiger partial charge in [0.25, 0.3) is 0 Å². The zero-order valence-electron chi connectivity index (χ0n) is 11.6. The molecule has 4 nitrogen and oxygen atoms in total. The van der Waals surface area contributed by atoms with Gasteiger partial charge >= 0.3 is 0 Å². The number of hydrogen-bond acceptors (Lipinski definition) is 3. The van der Waals surface area contributed by atoms with Crippen LogP contribution in [-0.4, -0.2) is 29.9 Å². The quantitative estimate of drug-likeness (QED) is 0.744. The Labute approximate surface area is 105 Å². The Hall–Kier alpha value is -1.08. The van der Waals surface area contributed by atoms with E-state index in [9.17, 15) is 4.79 Å². The van der Waals surface area contributed by atoms with Gasteiger partial charge in [-0.3, -0.25) is 4.79 Å². The van der Waals surface area contributed by atoms with Crippen LogP contribution in [0.3, 0.4) is 0 Å². The molecular formula is C13H25N3O. The van der Waals surface area contributed by atoms with Gasteiger partial charge in [0, 0.05) is 12.6 Å². The summed E-state index contributed by atoms with van der Waals surface area (Å²) in [6, 6.07) is 2.29. The zero-order valence-corrected chi connectivity index (χ0v) is 11.6. The lowest BCUT2D eigenvalue weighted by Crippen LogP contribution is -2.29. The third kappa shape index (κ3) is 4.74. The van der Waals surface area contributed by atoms with Crippen LogP contribution >= 0.6 is 0 Å². The number of nitrogens with zero attached hydrogens (tertiary/aromatic N) is 2. The lowest BCUT2D eigenvalue weighted by molar-refractivity contribution is -0.118. The third-order valence-corrected chi connectivity index (χ3v) is 3.57. The summed E-state index contributed by atoms with van der Waals surface area (Å²) >= 11 is 0. The van der Waals surface area contributed by atoms with E-state index in [2.05, 4.69) is 26.8 Å². The first-order chi connectivity index (χ1) is 7.84. The normalized spacial score (nSPS) is 29.3. The predicted molar refractivity (Wildman–Crippen MR) is 69.0 cm³/mol. The van der Waals surface area contributed by atoms with Gasteiger partial charge in [-0.25, -0.2) is 0 Å². The standard InChI is InChI=1S/C8H12N2O.C5H13N/c1-6-4-10(5-11)8(3-9)7(6)2;1-4(2)5(3)6/h5-8H,4H2,1-2H3;4-5H,6H2,1-3H3. The van der Waals surface area contributed by atoms with Crippen molar-refractivity contribution in [2.75, 3.05) is 6.54 Å². The first kappa shape index (κ1) is 15.9. The molecule has 0 aromatic rings. The molecule has 17 heavy (non-hydrogen) atoms. The molecule has 4 heteroatoms. The number of rotatable bonds is 2. The molecule has 0 saturated carbocycles. The van der Waals surface area contributed by atoms with E-state index in [1.807, 2.05) is 13.8 Å². The zero-order chi connectivity index (χ0) is 13.6. The van der Waals surface area contributed by atoms with Gasteiger partial charge in [0.15, 0.2) is 0 Å². The highest BCUT2D eigenvalue weighted by Crippen LogP contribution is 2.27. The van der Waals surface area contributed by atoms with Crippen LogP contribution in [0, 0.1) is 29.1 Å². The molecule has 1 aliphatic rings. The summed E-state index contributed by atoms with van der Waals surface area (Å²) in [6.07, 6.45) is 0.772. The molecular weight excluding hydrogens is 214 g/mol. The second-order valence-corrected chi connectivity index (χ2v) is 5.32. The number of nitriles is 1. The topological polar surface area (TPSA) is 70.1 Å². The molecule has 1 saturated heterocycles. The van der Waals surface area contributed by atoms with Crippen molar-refractivity contribution in [1.82, 2.24) is 4.90 Å². The fraction of sp³-hybridized carbons (Fsp3) is 0.846. The van der Waals surface area contributed by atoms with Gasteiger partial charge in [-0.15, -0.1) is 0 Å². The fourth-order valence-corrected chi connectivity index (χ4v) is 1.53. The van der Waals surface area contributed by atoms with Gasteiger partial charge in [0.2, 0.25) is 6.41 Å². The Morgan fingerprint density at radius 1 is 1.41 bits per heavy atom. The summed E-state index contributed by atoms with van der Waals surface area (Å²) in [5.74, 6) is 1.39. The van der Waals surface area contributed by atoms with Crippen LogP contribution in [0.15, 0.2) is 0 Å². The van der Waals surface area contributed by atoms with Crippen molar-refractivity contribution in [2.24, 2.45) is 23.5 Å². The molecule has 0 aliphatic carbocycles. The Morgan fingerprint density at radius 3 is 2.12 bits per heavy atom. The van der Waals surface area contributed by atoms with E-state index in [0.29, 0.717) is 23.8 Å². The molecule has 0 aromatic heterocycles. The summed E-state index contributed by atoms with van der Waals surface area (Å²) in [4.78, 5) is 12.0. The molecule has 1 amide bonds. The first-order valence-corrected chi connectivity index (χ1v) is 6.21. The minimum atomic E-state index is -0.206. The Balaban J connectivity index is 0.000000366. The Morgan fingerprint density at radius 2 is 1.88 bits per heavy atom. The van der Waals surface area contributed by atoms with Gasteiger partial charge in [0.05, 0.1) is 6.07 Å². The Kier molecular flexibility index (Phi) is 6.82.